The Morgan fingerprint density at radius 3 is 2.92 bits per heavy atom. The molecule has 1 heterocycles. The first-order chi connectivity index (χ1) is 12.6. The summed E-state index contributed by atoms with van der Waals surface area (Å²) in [6.45, 7) is 7.84. The van der Waals surface area contributed by atoms with Gasteiger partial charge in [-0.05, 0) is 67.6 Å². The van der Waals surface area contributed by atoms with Gasteiger partial charge in [0.1, 0.15) is 0 Å². The van der Waals surface area contributed by atoms with E-state index in [1.165, 1.54) is 43.2 Å². The van der Waals surface area contributed by atoms with Crippen molar-refractivity contribution in [2.24, 2.45) is 5.92 Å². The number of carbonyl (C=O) groups is 1. The third-order valence-electron chi connectivity index (χ3n) is 7.54. The Bertz CT molecular complexity index is 685. The second kappa shape index (κ2) is 6.90. The van der Waals surface area contributed by atoms with Crippen molar-refractivity contribution in [3.8, 4) is 0 Å². The van der Waals surface area contributed by atoms with Gasteiger partial charge in [0.15, 0.2) is 0 Å². The zero-order valence-electron chi connectivity index (χ0n) is 16.6. The van der Waals surface area contributed by atoms with Gasteiger partial charge in [-0.25, -0.2) is 4.79 Å². The van der Waals surface area contributed by atoms with E-state index < -0.39 is 0 Å². The lowest BCUT2D eigenvalue weighted by atomic mass is 9.52. The second-order valence-corrected chi connectivity index (χ2v) is 8.65. The van der Waals surface area contributed by atoms with Crippen molar-refractivity contribution in [2.45, 2.75) is 83.1 Å². The van der Waals surface area contributed by atoms with E-state index in [2.05, 4.69) is 36.9 Å². The zero-order valence-corrected chi connectivity index (χ0v) is 16.6. The summed E-state index contributed by atoms with van der Waals surface area (Å²) in [6.07, 6.45) is 8.38. The van der Waals surface area contributed by atoms with E-state index in [4.69, 9.17) is 4.74 Å². The summed E-state index contributed by atoms with van der Waals surface area (Å²) >= 11 is 0. The first kappa shape index (κ1) is 17.9. The van der Waals surface area contributed by atoms with Crippen molar-refractivity contribution < 1.29 is 9.53 Å². The molecule has 1 saturated heterocycles. The topological polar surface area (TPSA) is 29.5 Å². The van der Waals surface area contributed by atoms with E-state index in [0.29, 0.717) is 29.9 Å². The molecular weight excluding hydrogens is 322 g/mol. The maximum atomic E-state index is 12.6. The molecule has 0 aromatic heterocycles. The molecule has 26 heavy (non-hydrogen) atoms. The lowest BCUT2D eigenvalue weighted by molar-refractivity contribution is -0.0109. The second-order valence-electron chi connectivity index (χ2n) is 8.65. The number of hydrogen-bond donors (Lipinski definition) is 0. The van der Waals surface area contributed by atoms with Gasteiger partial charge in [0.25, 0.3) is 0 Å². The van der Waals surface area contributed by atoms with Crippen molar-refractivity contribution in [1.29, 1.82) is 0 Å². The molecular formula is C23H33NO2. The van der Waals surface area contributed by atoms with Gasteiger partial charge in [-0.3, -0.25) is 0 Å². The van der Waals surface area contributed by atoms with Crippen LogP contribution in [0.15, 0.2) is 18.2 Å². The summed E-state index contributed by atoms with van der Waals surface area (Å²) in [7, 11) is 0. The van der Waals surface area contributed by atoms with Gasteiger partial charge in [0.2, 0.25) is 0 Å². The van der Waals surface area contributed by atoms with Crippen LogP contribution in [0.4, 0.5) is 4.79 Å². The summed E-state index contributed by atoms with van der Waals surface area (Å²) in [5, 5.41) is 0. The van der Waals surface area contributed by atoms with E-state index in [9.17, 15) is 4.79 Å². The van der Waals surface area contributed by atoms with Crippen LogP contribution in [0, 0.1) is 5.92 Å². The van der Waals surface area contributed by atoms with Crippen LogP contribution in [-0.2, 0) is 16.6 Å². The number of benzene rings is 1. The average molecular weight is 356 g/mol. The molecule has 3 nitrogen and oxygen atoms in total. The van der Waals surface area contributed by atoms with Gasteiger partial charge in [-0.15, -0.1) is 0 Å². The molecule has 1 aromatic carbocycles. The molecule has 142 valence electrons. The zero-order chi connectivity index (χ0) is 18.3. The largest absolute Gasteiger partial charge is 0.450 e. The van der Waals surface area contributed by atoms with Crippen LogP contribution < -0.4 is 0 Å². The van der Waals surface area contributed by atoms with Gasteiger partial charge in [-0.1, -0.05) is 44.9 Å². The Hall–Kier alpha value is -1.51. The van der Waals surface area contributed by atoms with Crippen LogP contribution in [0.5, 0.6) is 0 Å². The number of hydrogen-bond acceptors (Lipinski definition) is 2. The molecule has 0 radical (unpaired) electrons. The minimum Gasteiger partial charge on any atom is -0.450 e. The highest BCUT2D eigenvalue weighted by Gasteiger charge is 2.55. The van der Waals surface area contributed by atoms with Crippen LogP contribution >= 0.6 is 0 Å². The molecule has 2 aliphatic carbocycles. The molecule has 0 spiro atoms. The highest BCUT2D eigenvalue weighted by Crippen LogP contribution is 2.56. The molecule has 4 unspecified atom stereocenters. The summed E-state index contributed by atoms with van der Waals surface area (Å²) in [5.41, 5.74) is 4.90. The molecule has 2 bridgehead atoms. The first-order valence-corrected chi connectivity index (χ1v) is 10.7. The number of fused-ring (bicyclic) bond motifs is 1. The Balaban J connectivity index is 1.76. The normalized spacial score (nSPS) is 31.0. The monoisotopic (exact) mass is 355 g/mol. The lowest BCUT2D eigenvalue weighted by Gasteiger charge is -2.58. The molecule has 4 rings (SSSR count). The van der Waals surface area contributed by atoms with Gasteiger partial charge < -0.3 is 9.64 Å². The van der Waals surface area contributed by atoms with E-state index in [-0.39, 0.29) is 6.09 Å². The Labute approximate surface area is 158 Å². The highest BCUT2D eigenvalue weighted by atomic mass is 16.6. The molecule has 3 aliphatic rings. The van der Waals surface area contributed by atoms with E-state index in [1.54, 1.807) is 5.56 Å². The minimum atomic E-state index is -0.101. The quantitative estimate of drug-likeness (QED) is 0.725. The number of ether oxygens (including phenoxy) is 1. The summed E-state index contributed by atoms with van der Waals surface area (Å²) in [4.78, 5) is 14.6. The molecule has 1 amide bonds. The molecule has 1 aliphatic heterocycles. The minimum absolute atomic E-state index is 0.101. The molecule has 3 heteroatoms. The molecule has 4 atom stereocenters. The number of carbonyl (C=O) groups excluding carboxylic acids is 1. The first-order valence-electron chi connectivity index (χ1n) is 10.7. The number of nitrogens with zero attached hydrogens (tertiary/aromatic N) is 1. The van der Waals surface area contributed by atoms with Crippen LogP contribution in [0.1, 0.15) is 81.9 Å². The van der Waals surface area contributed by atoms with E-state index in [1.807, 2.05) is 6.92 Å². The fourth-order valence-corrected chi connectivity index (χ4v) is 6.00. The van der Waals surface area contributed by atoms with Crippen molar-refractivity contribution >= 4 is 6.09 Å². The predicted molar refractivity (Wildman–Crippen MR) is 105 cm³/mol. The van der Waals surface area contributed by atoms with Gasteiger partial charge in [0, 0.05) is 18.0 Å². The van der Waals surface area contributed by atoms with Gasteiger partial charge in [0.05, 0.1) is 6.61 Å². The lowest BCUT2D eigenvalue weighted by Crippen LogP contribution is -2.62. The SMILES string of the molecule is CCOC(=O)N1CCC23CCCCC2C1Cc1ccc(C(C)CC)cc13. The Morgan fingerprint density at radius 2 is 2.15 bits per heavy atom. The Kier molecular flexibility index (Phi) is 4.75. The highest BCUT2D eigenvalue weighted by molar-refractivity contribution is 5.69. The molecule has 0 N–H and O–H groups in total. The van der Waals surface area contributed by atoms with Crippen LogP contribution in [0.25, 0.3) is 0 Å². The third kappa shape index (κ3) is 2.66. The van der Waals surface area contributed by atoms with Crippen molar-refractivity contribution in [1.82, 2.24) is 4.90 Å². The maximum Gasteiger partial charge on any atom is 0.410 e. The van der Waals surface area contributed by atoms with E-state index >= 15 is 0 Å². The van der Waals surface area contributed by atoms with Crippen LogP contribution in [-0.4, -0.2) is 30.2 Å². The van der Waals surface area contributed by atoms with Crippen molar-refractivity contribution in [3.63, 3.8) is 0 Å². The van der Waals surface area contributed by atoms with Crippen LogP contribution in [0.2, 0.25) is 0 Å². The maximum absolute atomic E-state index is 12.6. The predicted octanol–water partition coefficient (Wildman–Crippen LogP) is 5.42. The summed E-state index contributed by atoms with van der Waals surface area (Å²) in [5.74, 6) is 1.23. The number of rotatable bonds is 3. The molecule has 1 aromatic rings. The Morgan fingerprint density at radius 1 is 1.31 bits per heavy atom. The molecule has 1 saturated carbocycles. The van der Waals surface area contributed by atoms with Crippen molar-refractivity contribution in [2.75, 3.05) is 13.2 Å². The third-order valence-corrected chi connectivity index (χ3v) is 7.54. The average Bonchev–Trinajstić information content (AvgIpc) is 2.67. The smallest absolute Gasteiger partial charge is 0.410 e. The number of likely N-dealkylation sites (tertiary alicyclic amines) is 1. The van der Waals surface area contributed by atoms with Crippen molar-refractivity contribution in [3.05, 3.63) is 34.9 Å². The summed E-state index contributed by atoms with van der Waals surface area (Å²) in [6, 6.07) is 7.56. The molecule has 2 fully saturated rings. The van der Waals surface area contributed by atoms with Crippen LogP contribution in [0.3, 0.4) is 0 Å². The number of piperidine rings is 1. The number of amides is 1. The van der Waals surface area contributed by atoms with Gasteiger partial charge in [-0.2, -0.15) is 0 Å². The summed E-state index contributed by atoms with van der Waals surface area (Å²) < 4.78 is 5.39. The van der Waals surface area contributed by atoms with Gasteiger partial charge >= 0.3 is 6.09 Å². The fraction of sp³-hybridized carbons (Fsp3) is 0.696. The standard InChI is InChI=1S/C23H33NO2/c1-4-16(3)17-9-10-18-15-21-19-8-6-7-11-23(19,20(18)14-17)12-13-24(21)22(25)26-5-2/h9-10,14,16,19,21H,4-8,11-13,15H2,1-3H3. The van der Waals surface area contributed by atoms with E-state index in [0.717, 1.165) is 19.4 Å². The fourth-order valence-electron chi connectivity index (χ4n) is 6.00.